The Morgan fingerprint density at radius 1 is 1.38 bits per heavy atom. The summed E-state index contributed by atoms with van der Waals surface area (Å²) in [5.74, 6) is 0.269. The van der Waals surface area contributed by atoms with E-state index in [9.17, 15) is 9.90 Å². The van der Waals surface area contributed by atoms with Crippen LogP contribution in [0.3, 0.4) is 0 Å². The average molecular weight is 327 g/mol. The second-order valence-corrected chi connectivity index (χ2v) is 7.08. The van der Waals surface area contributed by atoms with E-state index in [1.807, 2.05) is 35.0 Å². The van der Waals surface area contributed by atoms with E-state index in [-0.39, 0.29) is 18.5 Å². The maximum Gasteiger partial charge on any atom is 0.254 e. The molecule has 0 bridgehead atoms. The van der Waals surface area contributed by atoms with Crippen LogP contribution in [0.15, 0.2) is 36.5 Å². The first-order valence-electron chi connectivity index (χ1n) is 8.53. The van der Waals surface area contributed by atoms with E-state index in [1.165, 1.54) is 0 Å². The first kappa shape index (κ1) is 16.7. The van der Waals surface area contributed by atoms with Crippen LogP contribution in [0.5, 0.6) is 0 Å². The molecule has 2 N–H and O–H groups in total. The van der Waals surface area contributed by atoms with Gasteiger partial charge in [-0.2, -0.15) is 5.10 Å². The Bertz CT molecular complexity index is 715. The third-order valence-electron chi connectivity index (χ3n) is 4.52. The van der Waals surface area contributed by atoms with Crippen molar-refractivity contribution in [1.29, 1.82) is 0 Å². The van der Waals surface area contributed by atoms with E-state index < -0.39 is 5.60 Å². The highest BCUT2D eigenvalue weighted by molar-refractivity contribution is 5.95. The lowest BCUT2D eigenvalue weighted by molar-refractivity contribution is 0.0526. The molecule has 1 aromatic heterocycles. The SMILES string of the molecule is CC(C)n1ncc(C(=O)NCC(C)(O)c2ccccc2)c1C1CC1. The summed E-state index contributed by atoms with van der Waals surface area (Å²) in [6.45, 7) is 6.01. The molecule has 3 rings (SSSR count). The minimum atomic E-state index is -1.11. The summed E-state index contributed by atoms with van der Waals surface area (Å²) in [6, 6.07) is 9.61. The predicted octanol–water partition coefficient (Wildman–Crippen LogP) is 2.98. The molecule has 1 unspecified atom stereocenters. The molecule has 1 fully saturated rings. The van der Waals surface area contributed by atoms with E-state index in [1.54, 1.807) is 13.1 Å². The molecule has 0 aliphatic heterocycles. The van der Waals surface area contributed by atoms with Gasteiger partial charge in [-0.15, -0.1) is 0 Å². The summed E-state index contributed by atoms with van der Waals surface area (Å²) >= 11 is 0. The quantitative estimate of drug-likeness (QED) is 0.857. The van der Waals surface area contributed by atoms with Gasteiger partial charge in [0, 0.05) is 12.0 Å². The summed E-state index contributed by atoms with van der Waals surface area (Å²) in [5.41, 5.74) is 1.34. The molecule has 5 nitrogen and oxygen atoms in total. The van der Waals surface area contributed by atoms with E-state index in [0.29, 0.717) is 11.5 Å². The summed E-state index contributed by atoms with van der Waals surface area (Å²) < 4.78 is 1.95. The van der Waals surface area contributed by atoms with Crippen LogP contribution in [0.2, 0.25) is 0 Å². The lowest BCUT2D eigenvalue weighted by Crippen LogP contribution is -2.38. The topological polar surface area (TPSA) is 67.2 Å². The smallest absolute Gasteiger partial charge is 0.254 e. The van der Waals surface area contributed by atoms with Crippen molar-refractivity contribution >= 4 is 5.91 Å². The van der Waals surface area contributed by atoms with Crippen LogP contribution in [0.4, 0.5) is 0 Å². The zero-order valence-electron chi connectivity index (χ0n) is 14.5. The Balaban J connectivity index is 1.74. The molecule has 5 heteroatoms. The van der Waals surface area contributed by atoms with Gasteiger partial charge in [0.1, 0.15) is 5.60 Å². The van der Waals surface area contributed by atoms with Gasteiger partial charge in [-0.1, -0.05) is 30.3 Å². The number of hydrogen-bond acceptors (Lipinski definition) is 3. The van der Waals surface area contributed by atoms with Gasteiger partial charge in [-0.25, -0.2) is 0 Å². The summed E-state index contributed by atoms with van der Waals surface area (Å²) in [4.78, 5) is 12.6. The van der Waals surface area contributed by atoms with Gasteiger partial charge in [-0.05, 0) is 39.2 Å². The molecular weight excluding hydrogens is 302 g/mol. The number of carbonyl (C=O) groups is 1. The molecule has 1 atom stereocenters. The van der Waals surface area contributed by atoms with Gasteiger partial charge in [0.25, 0.3) is 5.91 Å². The average Bonchev–Trinajstić information content (AvgIpc) is 3.31. The number of benzene rings is 1. The molecule has 2 aromatic rings. The number of carbonyl (C=O) groups excluding carboxylic acids is 1. The summed E-state index contributed by atoms with van der Waals surface area (Å²) in [7, 11) is 0. The van der Waals surface area contributed by atoms with Crippen molar-refractivity contribution in [2.75, 3.05) is 6.54 Å². The first-order valence-corrected chi connectivity index (χ1v) is 8.53. The number of aromatic nitrogens is 2. The number of amides is 1. The highest BCUT2D eigenvalue weighted by Gasteiger charge is 2.33. The molecule has 24 heavy (non-hydrogen) atoms. The van der Waals surface area contributed by atoms with Crippen molar-refractivity contribution in [3.05, 3.63) is 53.3 Å². The molecule has 1 heterocycles. The number of hydrogen-bond donors (Lipinski definition) is 2. The van der Waals surface area contributed by atoms with Gasteiger partial charge < -0.3 is 10.4 Å². The third kappa shape index (κ3) is 3.36. The van der Waals surface area contributed by atoms with Crippen LogP contribution in [0.1, 0.15) is 67.2 Å². The minimum Gasteiger partial charge on any atom is -0.384 e. The van der Waals surface area contributed by atoms with E-state index >= 15 is 0 Å². The van der Waals surface area contributed by atoms with E-state index in [4.69, 9.17) is 0 Å². The van der Waals surface area contributed by atoms with Gasteiger partial charge in [0.2, 0.25) is 0 Å². The normalized spacial score (nSPS) is 16.9. The van der Waals surface area contributed by atoms with Gasteiger partial charge >= 0.3 is 0 Å². The van der Waals surface area contributed by atoms with Crippen LogP contribution >= 0.6 is 0 Å². The van der Waals surface area contributed by atoms with Gasteiger partial charge in [-0.3, -0.25) is 9.48 Å². The molecule has 0 spiro atoms. The zero-order valence-corrected chi connectivity index (χ0v) is 14.5. The van der Waals surface area contributed by atoms with Gasteiger partial charge in [0.15, 0.2) is 0 Å². The Morgan fingerprint density at radius 2 is 2.04 bits per heavy atom. The largest absolute Gasteiger partial charge is 0.384 e. The van der Waals surface area contributed by atoms with Gasteiger partial charge in [0.05, 0.1) is 24.0 Å². The molecule has 1 aliphatic rings. The maximum atomic E-state index is 12.6. The molecule has 1 aliphatic carbocycles. The standard InChI is InChI=1S/C19H25N3O2/c1-13(2)22-17(14-9-10-14)16(11-21-22)18(23)20-12-19(3,24)15-7-5-4-6-8-15/h4-8,11,13-14,24H,9-10,12H2,1-3H3,(H,20,23). The fourth-order valence-electron chi connectivity index (χ4n) is 2.97. The van der Waals surface area contributed by atoms with Crippen molar-refractivity contribution in [3.63, 3.8) is 0 Å². The van der Waals surface area contributed by atoms with E-state index in [2.05, 4.69) is 24.3 Å². The number of rotatable bonds is 6. The van der Waals surface area contributed by atoms with Crippen molar-refractivity contribution in [3.8, 4) is 0 Å². The van der Waals surface area contributed by atoms with Crippen LogP contribution in [0.25, 0.3) is 0 Å². The monoisotopic (exact) mass is 327 g/mol. The van der Waals surface area contributed by atoms with Crippen molar-refractivity contribution < 1.29 is 9.90 Å². The highest BCUT2D eigenvalue weighted by atomic mass is 16.3. The Morgan fingerprint density at radius 3 is 2.62 bits per heavy atom. The number of nitrogens with one attached hydrogen (secondary N) is 1. The van der Waals surface area contributed by atoms with Crippen molar-refractivity contribution in [2.45, 2.75) is 51.2 Å². The molecule has 1 amide bonds. The fraction of sp³-hybridized carbons (Fsp3) is 0.474. The number of aliphatic hydroxyl groups is 1. The Hall–Kier alpha value is -2.14. The first-order chi connectivity index (χ1) is 11.4. The van der Waals surface area contributed by atoms with Crippen LogP contribution in [0, 0.1) is 0 Å². The third-order valence-corrected chi connectivity index (χ3v) is 4.52. The second kappa shape index (κ2) is 6.40. The second-order valence-electron chi connectivity index (χ2n) is 7.08. The summed E-state index contributed by atoms with van der Waals surface area (Å²) in [5, 5.41) is 17.9. The molecule has 0 saturated heterocycles. The van der Waals surface area contributed by atoms with Crippen LogP contribution in [-0.4, -0.2) is 27.3 Å². The predicted molar refractivity (Wildman–Crippen MR) is 92.9 cm³/mol. The lowest BCUT2D eigenvalue weighted by Gasteiger charge is -2.24. The molecule has 128 valence electrons. The molecule has 1 saturated carbocycles. The molecular formula is C19H25N3O2. The highest BCUT2D eigenvalue weighted by Crippen LogP contribution is 2.42. The Labute approximate surface area is 142 Å². The van der Waals surface area contributed by atoms with Crippen LogP contribution < -0.4 is 5.32 Å². The summed E-state index contributed by atoms with van der Waals surface area (Å²) in [6.07, 6.45) is 3.88. The lowest BCUT2D eigenvalue weighted by atomic mass is 9.96. The fourth-order valence-corrected chi connectivity index (χ4v) is 2.97. The Kier molecular flexibility index (Phi) is 4.45. The van der Waals surface area contributed by atoms with Crippen LogP contribution in [-0.2, 0) is 5.60 Å². The zero-order chi connectivity index (χ0) is 17.3. The van der Waals surface area contributed by atoms with E-state index in [0.717, 1.165) is 24.1 Å². The number of nitrogens with zero attached hydrogens (tertiary/aromatic N) is 2. The van der Waals surface area contributed by atoms with Crippen molar-refractivity contribution in [2.24, 2.45) is 0 Å². The molecule has 0 radical (unpaired) electrons. The molecule has 1 aromatic carbocycles. The maximum absolute atomic E-state index is 12.6. The van der Waals surface area contributed by atoms with Crippen molar-refractivity contribution in [1.82, 2.24) is 15.1 Å². The minimum absolute atomic E-state index is 0.160.